The van der Waals surface area contributed by atoms with Gasteiger partial charge >= 0.3 is 0 Å². The summed E-state index contributed by atoms with van der Waals surface area (Å²) < 4.78 is 0. The molecule has 0 spiro atoms. The van der Waals surface area contributed by atoms with Crippen LogP contribution < -0.4 is 5.32 Å². The summed E-state index contributed by atoms with van der Waals surface area (Å²) in [6, 6.07) is 0.401. The summed E-state index contributed by atoms with van der Waals surface area (Å²) in [5.74, 6) is 0.233. The maximum absolute atomic E-state index is 12.5. The van der Waals surface area contributed by atoms with E-state index in [0.717, 1.165) is 38.8 Å². The predicted molar refractivity (Wildman–Crippen MR) is 62.0 cm³/mol. The second-order valence-electron chi connectivity index (χ2n) is 5.29. The molecule has 0 aromatic rings. The lowest BCUT2D eigenvalue weighted by atomic mass is 9.81. The van der Waals surface area contributed by atoms with Gasteiger partial charge in [0.15, 0.2) is 0 Å². The first-order chi connectivity index (χ1) is 7.67. The Hall–Kier alpha value is -0.610. The number of hydrogen-bond acceptors (Lipinski definition) is 3. The highest BCUT2D eigenvalue weighted by Gasteiger charge is 2.42. The molecule has 0 radical (unpaired) electrons. The number of nitrogens with one attached hydrogen (secondary N) is 1. The third-order valence-electron chi connectivity index (χ3n) is 3.70. The standard InChI is InChI=1S/C12H22N2O2/c1-12(5-2-6-13-9-12)11(16)14(7-8-15)10-3-4-10/h10,13,15H,2-9H2,1H3. The van der Waals surface area contributed by atoms with Crippen LogP contribution in [0.1, 0.15) is 32.6 Å². The van der Waals surface area contributed by atoms with Crippen LogP contribution >= 0.6 is 0 Å². The van der Waals surface area contributed by atoms with E-state index >= 15 is 0 Å². The molecule has 2 fully saturated rings. The van der Waals surface area contributed by atoms with Gasteiger partial charge in [0.05, 0.1) is 12.0 Å². The van der Waals surface area contributed by atoms with Crippen LogP contribution in [0.5, 0.6) is 0 Å². The Morgan fingerprint density at radius 1 is 1.56 bits per heavy atom. The van der Waals surface area contributed by atoms with Crippen molar-refractivity contribution in [1.29, 1.82) is 0 Å². The molecule has 2 rings (SSSR count). The second kappa shape index (κ2) is 4.72. The molecular formula is C12H22N2O2. The van der Waals surface area contributed by atoms with Crippen LogP contribution in [0.15, 0.2) is 0 Å². The molecule has 1 atom stereocenters. The molecule has 1 saturated carbocycles. The molecule has 1 amide bonds. The number of aliphatic hydroxyl groups is 1. The lowest BCUT2D eigenvalue weighted by Gasteiger charge is -2.37. The van der Waals surface area contributed by atoms with E-state index in [9.17, 15) is 4.79 Å². The van der Waals surface area contributed by atoms with Crippen molar-refractivity contribution in [3.8, 4) is 0 Å². The molecule has 1 saturated heterocycles. The Kier molecular flexibility index (Phi) is 3.50. The van der Waals surface area contributed by atoms with E-state index in [1.807, 2.05) is 11.8 Å². The number of nitrogens with zero attached hydrogens (tertiary/aromatic N) is 1. The van der Waals surface area contributed by atoms with Gasteiger partial charge in [0, 0.05) is 19.1 Å². The molecular weight excluding hydrogens is 204 g/mol. The van der Waals surface area contributed by atoms with Gasteiger partial charge in [-0.15, -0.1) is 0 Å². The monoisotopic (exact) mass is 226 g/mol. The number of piperidine rings is 1. The number of hydrogen-bond donors (Lipinski definition) is 2. The van der Waals surface area contributed by atoms with Crippen LogP contribution in [0.25, 0.3) is 0 Å². The van der Waals surface area contributed by atoms with E-state index in [1.54, 1.807) is 0 Å². The fourth-order valence-corrected chi connectivity index (χ4v) is 2.53. The van der Waals surface area contributed by atoms with Crippen molar-refractivity contribution in [3.63, 3.8) is 0 Å². The first-order valence-electron chi connectivity index (χ1n) is 6.30. The minimum atomic E-state index is -0.254. The van der Waals surface area contributed by atoms with Crippen molar-refractivity contribution in [2.24, 2.45) is 5.41 Å². The zero-order valence-corrected chi connectivity index (χ0v) is 10.0. The van der Waals surface area contributed by atoms with Crippen LogP contribution in [-0.2, 0) is 4.79 Å². The number of carbonyl (C=O) groups excluding carboxylic acids is 1. The average Bonchev–Trinajstić information content (AvgIpc) is 3.10. The van der Waals surface area contributed by atoms with Gasteiger partial charge in [0.2, 0.25) is 5.91 Å². The molecule has 4 nitrogen and oxygen atoms in total. The molecule has 1 heterocycles. The first-order valence-corrected chi connectivity index (χ1v) is 6.30. The summed E-state index contributed by atoms with van der Waals surface area (Å²) in [6.07, 6.45) is 4.25. The topological polar surface area (TPSA) is 52.6 Å². The van der Waals surface area contributed by atoms with Crippen LogP contribution in [0, 0.1) is 5.41 Å². The highest BCUT2D eigenvalue weighted by molar-refractivity contribution is 5.83. The third kappa shape index (κ3) is 2.38. The Bertz CT molecular complexity index is 258. The van der Waals surface area contributed by atoms with Crippen molar-refractivity contribution in [3.05, 3.63) is 0 Å². The van der Waals surface area contributed by atoms with Crippen LogP contribution in [0.2, 0.25) is 0 Å². The molecule has 0 aromatic carbocycles. The van der Waals surface area contributed by atoms with Gasteiger partial charge in [-0.1, -0.05) is 0 Å². The fraction of sp³-hybridized carbons (Fsp3) is 0.917. The number of amides is 1. The minimum absolute atomic E-state index is 0.0751. The largest absolute Gasteiger partial charge is 0.395 e. The fourth-order valence-electron chi connectivity index (χ4n) is 2.53. The zero-order valence-electron chi connectivity index (χ0n) is 10.0. The lowest BCUT2D eigenvalue weighted by molar-refractivity contribution is -0.143. The maximum atomic E-state index is 12.5. The Labute approximate surface area is 97.0 Å². The van der Waals surface area contributed by atoms with Gasteiger partial charge in [0.1, 0.15) is 0 Å². The van der Waals surface area contributed by atoms with Crippen LogP contribution in [0.4, 0.5) is 0 Å². The average molecular weight is 226 g/mol. The Morgan fingerprint density at radius 3 is 2.81 bits per heavy atom. The van der Waals surface area contributed by atoms with E-state index in [0.29, 0.717) is 12.6 Å². The molecule has 0 bridgehead atoms. The highest BCUT2D eigenvalue weighted by Crippen LogP contribution is 2.34. The van der Waals surface area contributed by atoms with Crippen molar-refractivity contribution < 1.29 is 9.90 Å². The predicted octanol–water partition coefficient (Wildman–Crippen LogP) is 0.359. The molecule has 0 aromatic heterocycles. The van der Waals surface area contributed by atoms with Gasteiger partial charge in [-0.05, 0) is 39.2 Å². The molecule has 92 valence electrons. The van der Waals surface area contributed by atoms with Crippen molar-refractivity contribution >= 4 is 5.91 Å². The summed E-state index contributed by atoms with van der Waals surface area (Å²) in [7, 11) is 0. The van der Waals surface area contributed by atoms with Crippen molar-refractivity contribution in [1.82, 2.24) is 10.2 Å². The maximum Gasteiger partial charge on any atom is 0.230 e. The normalized spacial score (nSPS) is 30.1. The number of aliphatic hydroxyl groups excluding tert-OH is 1. The van der Waals surface area contributed by atoms with Gasteiger partial charge in [-0.25, -0.2) is 0 Å². The summed E-state index contributed by atoms with van der Waals surface area (Å²) in [5, 5.41) is 12.3. The van der Waals surface area contributed by atoms with Crippen molar-refractivity contribution in [2.45, 2.75) is 38.6 Å². The van der Waals surface area contributed by atoms with Crippen LogP contribution in [0.3, 0.4) is 0 Å². The smallest absolute Gasteiger partial charge is 0.230 e. The molecule has 16 heavy (non-hydrogen) atoms. The van der Waals surface area contributed by atoms with E-state index in [1.165, 1.54) is 0 Å². The van der Waals surface area contributed by atoms with E-state index in [4.69, 9.17) is 5.11 Å². The van der Waals surface area contributed by atoms with Gasteiger partial charge in [0.25, 0.3) is 0 Å². The SMILES string of the molecule is CC1(C(=O)N(CCO)C2CC2)CCCNC1. The van der Waals surface area contributed by atoms with Crippen LogP contribution in [-0.4, -0.2) is 48.2 Å². The summed E-state index contributed by atoms with van der Waals surface area (Å²) in [6.45, 7) is 4.42. The molecule has 1 unspecified atom stereocenters. The minimum Gasteiger partial charge on any atom is -0.395 e. The van der Waals surface area contributed by atoms with Crippen molar-refractivity contribution in [2.75, 3.05) is 26.2 Å². The first kappa shape index (κ1) is 11.9. The summed E-state index contributed by atoms with van der Waals surface area (Å²) in [4.78, 5) is 14.4. The molecule has 4 heteroatoms. The number of carbonyl (C=O) groups is 1. The number of rotatable bonds is 4. The van der Waals surface area contributed by atoms with E-state index in [2.05, 4.69) is 5.32 Å². The van der Waals surface area contributed by atoms with Gasteiger partial charge < -0.3 is 15.3 Å². The van der Waals surface area contributed by atoms with Gasteiger partial charge in [-0.2, -0.15) is 0 Å². The zero-order chi connectivity index (χ0) is 11.6. The molecule has 1 aliphatic carbocycles. The Balaban J connectivity index is 2.02. The van der Waals surface area contributed by atoms with E-state index < -0.39 is 0 Å². The summed E-state index contributed by atoms with van der Waals surface area (Å²) in [5.41, 5.74) is -0.254. The highest BCUT2D eigenvalue weighted by atomic mass is 16.3. The molecule has 2 aliphatic rings. The second-order valence-corrected chi connectivity index (χ2v) is 5.29. The quantitative estimate of drug-likeness (QED) is 0.728. The Morgan fingerprint density at radius 2 is 2.31 bits per heavy atom. The van der Waals surface area contributed by atoms with Gasteiger partial charge in [-0.3, -0.25) is 4.79 Å². The molecule has 2 N–H and O–H groups in total. The summed E-state index contributed by atoms with van der Waals surface area (Å²) >= 11 is 0. The third-order valence-corrected chi connectivity index (χ3v) is 3.70. The lowest BCUT2D eigenvalue weighted by Crippen LogP contribution is -2.51. The molecule has 1 aliphatic heterocycles. The van der Waals surface area contributed by atoms with E-state index in [-0.39, 0.29) is 17.9 Å².